The minimum atomic E-state index is 0.0770. The van der Waals surface area contributed by atoms with Crippen LogP contribution >= 0.6 is 22.6 Å². The Morgan fingerprint density at radius 3 is 2.62 bits per heavy atom. The SMILES string of the molecule is CO[C@H]1CO[C@H](c2ccccc2)C(I)=C1C. The Bertz CT molecular complexity index is 386. The third kappa shape index (κ3) is 2.31. The first kappa shape index (κ1) is 12.1. The van der Waals surface area contributed by atoms with Gasteiger partial charge in [-0.15, -0.1) is 0 Å². The number of hydrogen-bond donors (Lipinski definition) is 0. The van der Waals surface area contributed by atoms with Crippen molar-refractivity contribution in [2.24, 2.45) is 0 Å². The van der Waals surface area contributed by atoms with Gasteiger partial charge in [0.1, 0.15) is 12.2 Å². The lowest BCUT2D eigenvalue weighted by Crippen LogP contribution is -2.27. The highest BCUT2D eigenvalue weighted by atomic mass is 127. The fourth-order valence-electron chi connectivity index (χ4n) is 1.86. The Kier molecular flexibility index (Phi) is 4.00. The molecular formula is C13H15IO2. The molecule has 0 saturated carbocycles. The first-order valence-electron chi connectivity index (χ1n) is 5.29. The molecule has 86 valence electrons. The Hall–Kier alpha value is -0.390. The topological polar surface area (TPSA) is 18.5 Å². The highest BCUT2D eigenvalue weighted by Crippen LogP contribution is 2.37. The molecule has 3 heteroatoms. The molecule has 2 atom stereocenters. The van der Waals surface area contributed by atoms with Crippen LogP contribution in [0.2, 0.25) is 0 Å². The summed E-state index contributed by atoms with van der Waals surface area (Å²) in [6.45, 7) is 2.75. The van der Waals surface area contributed by atoms with Crippen molar-refractivity contribution in [2.45, 2.75) is 19.1 Å². The van der Waals surface area contributed by atoms with Gasteiger partial charge in [0, 0.05) is 10.7 Å². The number of halogens is 1. The summed E-state index contributed by atoms with van der Waals surface area (Å²) in [7, 11) is 1.73. The highest BCUT2D eigenvalue weighted by molar-refractivity contribution is 14.1. The third-order valence-electron chi connectivity index (χ3n) is 2.89. The molecule has 2 rings (SSSR count). The predicted octanol–water partition coefficient (Wildman–Crippen LogP) is 3.48. The van der Waals surface area contributed by atoms with Gasteiger partial charge in [-0.1, -0.05) is 30.3 Å². The van der Waals surface area contributed by atoms with Gasteiger partial charge in [-0.2, -0.15) is 0 Å². The van der Waals surface area contributed by atoms with Crippen LogP contribution in [0, 0.1) is 0 Å². The average molecular weight is 330 g/mol. The van der Waals surface area contributed by atoms with E-state index < -0.39 is 0 Å². The molecule has 0 aliphatic carbocycles. The van der Waals surface area contributed by atoms with Crippen LogP contribution in [0.1, 0.15) is 18.6 Å². The van der Waals surface area contributed by atoms with E-state index in [9.17, 15) is 0 Å². The maximum atomic E-state index is 5.86. The molecule has 2 nitrogen and oxygen atoms in total. The first-order chi connectivity index (χ1) is 7.74. The first-order valence-corrected chi connectivity index (χ1v) is 6.37. The normalized spacial score (nSPS) is 25.9. The van der Waals surface area contributed by atoms with E-state index in [1.165, 1.54) is 14.7 Å². The molecule has 1 aliphatic rings. The van der Waals surface area contributed by atoms with Crippen LogP contribution in [-0.4, -0.2) is 19.8 Å². The summed E-state index contributed by atoms with van der Waals surface area (Å²) in [5.41, 5.74) is 2.49. The number of methoxy groups -OCH3 is 1. The van der Waals surface area contributed by atoms with Gasteiger partial charge in [-0.3, -0.25) is 0 Å². The molecule has 0 bridgehead atoms. The smallest absolute Gasteiger partial charge is 0.113 e. The van der Waals surface area contributed by atoms with Crippen LogP contribution in [-0.2, 0) is 9.47 Å². The minimum absolute atomic E-state index is 0.0770. The Morgan fingerprint density at radius 1 is 1.31 bits per heavy atom. The third-order valence-corrected chi connectivity index (χ3v) is 4.31. The molecule has 0 unspecified atom stereocenters. The summed E-state index contributed by atoms with van der Waals surface area (Å²) < 4.78 is 12.5. The van der Waals surface area contributed by atoms with Gasteiger partial charge in [0.25, 0.3) is 0 Å². The van der Waals surface area contributed by atoms with Gasteiger partial charge in [0.2, 0.25) is 0 Å². The van der Waals surface area contributed by atoms with Crippen LogP contribution in [0.15, 0.2) is 39.5 Å². The van der Waals surface area contributed by atoms with Crippen LogP contribution in [0.4, 0.5) is 0 Å². The Balaban J connectivity index is 2.29. The zero-order chi connectivity index (χ0) is 11.5. The average Bonchev–Trinajstić information content (AvgIpc) is 2.34. The lowest BCUT2D eigenvalue weighted by atomic mass is 10.0. The summed E-state index contributed by atoms with van der Waals surface area (Å²) >= 11 is 2.36. The number of rotatable bonds is 2. The number of ether oxygens (including phenoxy) is 2. The maximum Gasteiger partial charge on any atom is 0.113 e. The van der Waals surface area contributed by atoms with Crippen molar-refractivity contribution in [1.29, 1.82) is 0 Å². The molecule has 1 aliphatic heterocycles. The minimum Gasteiger partial charge on any atom is -0.375 e. The van der Waals surface area contributed by atoms with Crippen LogP contribution in [0.25, 0.3) is 0 Å². The second-order valence-electron chi connectivity index (χ2n) is 3.88. The molecule has 0 spiro atoms. The second kappa shape index (κ2) is 5.29. The van der Waals surface area contributed by atoms with Crippen molar-refractivity contribution in [2.75, 3.05) is 13.7 Å². The molecule has 16 heavy (non-hydrogen) atoms. The van der Waals surface area contributed by atoms with Gasteiger partial charge in [-0.05, 0) is 40.7 Å². The van der Waals surface area contributed by atoms with Gasteiger partial charge in [0.15, 0.2) is 0 Å². The summed E-state index contributed by atoms with van der Waals surface area (Å²) in [6, 6.07) is 10.3. The van der Waals surface area contributed by atoms with E-state index in [4.69, 9.17) is 9.47 Å². The van der Waals surface area contributed by atoms with Gasteiger partial charge in [0.05, 0.1) is 6.61 Å². The van der Waals surface area contributed by atoms with Crippen LogP contribution in [0.5, 0.6) is 0 Å². The van der Waals surface area contributed by atoms with E-state index in [1.54, 1.807) is 7.11 Å². The number of benzene rings is 1. The van der Waals surface area contributed by atoms with Gasteiger partial charge in [-0.25, -0.2) is 0 Å². The zero-order valence-corrected chi connectivity index (χ0v) is 11.6. The molecule has 1 heterocycles. The van der Waals surface area contributed by atoms with E-state index in [0.717, 1.165) is 0 Å². The zero-order valence-electron chi connectivity index (χ0n) is 9.44. The van der Waals surface area contributed by atoms with Crippen molar-refractivity contribution in [3.63, 3.8) is 0 Å². The van der Waals surface area contributed by atoms with Crippen molar-refractivity contribution >= 4 is 22.6 Å². The standard InChI is InChI=1S/C13H15IO2/c1-9-11(15-2)8-16-13(12(9)14)10-6-4-3-5-7-10/h3-7,11,13H,8H2,1-2H3/t11-,13+/m0/s1. The summed E-state index contributed by atoms with van der Waals surface area (Å²) in [4.78, 5) is 0. The van der Waals surface area contributed by atoms with E-state index in [-0.39, 0.29) is 12.2 Å². The molecular weight excluding hydrogens is 315 g/mol. The molecule has 1 aromatic rings. The van der Waals surface area contributed by atoms with Crippen molar-refractivity contribution in [3.05, 3.63) is 45.0 Å². The van der Waals surface area contributed by atoms with Gasteiger partial charge < -0.3 is 9.47 Å². The van der Waals surface area contributed by atoms with E-state index in [0.29, 0.717) is 6.61 Å². The Morgan fingerprint density at radius 2 is 2.00 bits per heavy atom. The lowest BCUT2D eigenvalue weighted by Gasteiger charge is -2.30. The van der Waals surface area contributed by atoms with E-state index in [2.05, 4.69) is 41.6 Å². The molecule has 0 fully saturated rings. The Labute approximate surface area is 110 Å². The lowest BCUT2D eigenvalue weighted by molar-refractivity contribution is -0.0122. The second-order valence-corrected chi connectivity index (χ2v) is 5.04. The van der Waals surface area contributed by atoms with E-state index in [1.807, 2.05) is 18.2 Å². The molecule has 1 aromatic carbocycles. The van der Waals surface area contributed by atoms with Crippen molar-refractivity contribution in [1.82, 2.24) is 0 Å². The number of hydrogen-bond acceptors (Lipinski definition) is 2. The molecule has 0 N–H and O–H groups in total. The largest absolute Gasteiger partial charge is 0.375 e. The maximum absolute atomic E-state index is 5.86. The van der Waals surface area contributed by atoms with Crippen molar-refractivity contribution < 1.29 is 9.47 Å². The summed E-state index contributed by atoms with van der Waals surface area (Å²) in [5, 5.41) is 0. The monoisotopic (exact) mass is 330 g/mol. The highest BCUT2D eigenvalue weighted by Gasteiger charge is 2.27. The van der Waals surface area contributed by atoms with Crippen LogP contribution < -0.4 is 0 Å². The summed E-state index contributed by atoms with van der Waals surface area (Å²) in [6.07, 6.45) is 0.181. The summed E-state index contributed by atoms with van der Waals surface area (Å²) in [5.74, 6) is 0. The molecule has 0 amide bonds. The molecule has 0 aromatic heterocycles. The fraction of sp³-hybridized carbons (Fsp3) is 0.385. The van der Waals surface area contributed by atoms with E-state index >= 15 is 0 Å². The molecule has 0 saturated heterocycles. The van der Waals surface area contributed by atoms with Gasteiger partial charge >= 0.3 is 0 Å². The quantitative estimate of drug-likeness (QED) is 0.773. The van der Waals surface area contributed by atoms with Crippen molar-refractivity contribution in [3.8, 4) is 0 Å². The fourth-order valence-corrected chi connectivity index (χ4v) is 2.74. The predicted molar refractivity (Wildman–Crippen MR) is 72.7 cm³/mol. The molecule has 0 radical (unpaired) electrons. The van der Waals surface area contributed by atoms with Crippen LogP contribution in [0.3, 0.4) is 0 Å².